The Morgan fingerprint density at radius 1 is 1.03 bits per heavy atom. The third-order valence-corrected chi connectivity index (χ3v) is 5.55. The van der Waals surface area contributed by atoms with Crippen molar-refractivity contribution in [1.29, 1.82) is 0 Å². The van der Waals surface area contributed by atoms with Crippen molar-refractivity contribution in [3.63, 3.8) is 0 Å². The summed E-state index contributed by atoms with van der Waals surface area (Å²) in [4.78, 5) is 37.8. The van der Waals surface area contributed by atoms with E-state index in [9.17, 15) is 14.4 Å². The highest BCUT2D eigenvalue weighted by atomic mass is 32.1. The van der Waals surface area contributed by atoms with E-state index in [-0.39, 0.29) is 18.4 Å². The Kier molecular flexibility index (Phi) is 8.67. The predicted octanol–water partition coefficient (Wildman–Crippen LogP) is 2.99. The molecule has 0 saturated heterocycles. The Balaban J connectivity index is 1.75. The number of carbonyl (C=O) groups is 3. The maximum Gasteiger partial charge on any atom is 0.279 e. The van der Waals surface area contributed by atoms with Gasteiger partial charge >= 0.3 is 0 Å². The standard InChI is InChI=1S/C21H27N3O4S/c1-4-6-11-28-16-9-7-15(8-10-16)20(26)22-13-19(25)23-24-21(27)18-12-14(3)17(5-2)29-18/h7-10,12H,4-6,11,13H2,1-3H3,(H,22,26)(H,23,25)(H,24,27). The minimum absolute atomic E-state index is 0.252. The first kappa shape index (κ1) is 22.4. The Bertz CT molecular complexity index is 846. The van der Waals surface area contributed by atoms with Gasteiger partial charge in [0.1, 0.15) is 5.75 Å². The number of hydrogen-bond donors (Lipinski definition) is 3. The van der Waals surface area contributed by atoms with E-state index < -0.39 is 5.91 Å². The molecule has 0 saturated carbocycles. The minimum Gasteiger partial charge on any atom is -0.494 e. The molecule has 29 heavy (non-hydrogen) atoms. The van der Waals surface area contributed by atoms with Gasteiger partial charge in [0.2, 0.25) is 0 Å². The average molecular weight is 418 g/mol. The molecular formula is C21H27N3O4S. The molecule has 1 heterocycles. The Labute approximate surface area is 174 Å². The summed E-state index contributed by atoms with van der Waals surface area (Å²) in [7, 11) is 0. The maximum atomic E-state index is 12.1. The molecule has 2 rings (SSSR count). The van der Waals surface area contributed by atoms with E-state index in [0.29, 0.717) is 22.8 Å². The highest BCUT2D eigenvalue weighted by Gasteiger charge is 2.13. The van der Waals surface area contributed by atoms with Crippen LogP contribution in [0.25, 0.3) is 0 Å². The van der Waals surface area contributed by atoms with Crippen molar-refractivity contribution in [2.75, 3.05) is 13.2 Å². The third kappa shape index (κ3) is 6.90. The summed E-state index contributed by atoms with van der Waals surface area (Å²) in [5, 5.41) is 2.52. The van der Waals surface area contributed by atoms with Crippen LogP contribution >= 0.6 is 11.3 Å². The molecule has 8 heteroatoms. The van der Waals surface area contributed by atoms with Crippen LogP contribution in [0.15, 0.2) is 30.3 Å². The summed E-state index contributed by atoms with van der Waals surface area (Å²) in [5.74, 6) is -0.579. The maximum absolute atomic E-state index is 12.1. The van der Waals surface area contributed by atoms with Gasteiger partial charge in [-0.25, -0.2) is 0 Å². The molecule has 0 unspecified atom stereocenters. The van der Waals surface area contributed by atoms with Crippen LogP contribution in [0.3, 0.4) is 0 Å². The minimum atomic E-state index is -0.518. The van der Waals surface area contributed by atoms with Crippen LogP contribution < -0.4 is 20.9 Å². The highest BCUT2D eigenvalue weighted by molar-refractivity contribution is 7.14. The van der Waals surface area contributed by atoms with Crippen molar-refractivity contribution in [1.82, 2.24) is 16.2 Å². The number of unbranched alkanes of at least 4 members (excludes halogenated alkanes) is 1. The molecule has 0 bridgehead atoms. The molecule has 0 aliphatic rings. The van der Waals surface area contributed by atoms with E-state index >= 15 is 0 Å². The number of hydrazine groups is 1. The molecule has 0 atom stereocenters. The van der Waals surface area contributed by atoms with Crippen molar-refractivity contribution < 1.29 is 19.1 Å². The quantitative estimate of drug-likeness (QED) is 0.432. The van der Waals surface area contributed by atoms with E-state index in [0.717, 1.165) is 29.7 Å². The van der Waals surface area contributed by atoms with Gasteiger partial charge < -0.3 is 10.1 Å². The first-order valence-corrected chi connectivity index (χ1v) is 10.5. The number of benzene rings is 1. The van der Waals surface area contributed by atoms with Crippen LogP contribution in [0, 0.1) is 6.92 Å². The molecule has 1 aromatic heterocycles. The van der Waals surface area contributed by atoms with Gasteiger partial charge in [-0.1, -0.05) is 20.3 Å². The van der Waals surface area contributed by atoms with Gasteiger partial charge in [0.25, 0.3) is 17.7 Å². The van der Waals surface area contributed by atoms with Gasteiger partial charge in [-0.15, -0.1) is 11.3 Å². The van der Waals surface area contributed by atoms with E-state index in [1.807, 2.05) is 13.8 Å². The molecule has 156 valence electrons. The van der Waals surface area contributed by atoms with Crippen molar-refractivity contribution in [3.8, 4) is 5.75 Å². The second-order valence-corrected chi connectivity index (χ2v) is 7.62. The molecule has 0 aliphatic carbocycles. The number of thiophene rings is 1. The number of carbonyl (C=O) groups excluding carboxylic acids is 3. The van der Waals surface area contributed by atoms with Gasteiger partial charge in [0, 0.05) is 10.4 Å². The predicted molar refractivity (Wildman–Crippen MR) is 113 cm³/mol. The summed E-state index contributed by atoms with van der Waals surface area (Å²) in [5.41, 5.74) is 6.15. The molecule has 7 nitrogen and oxygen atoms in total. The molecule has 0 fully saturated rings. The molecular weight excluding hydrogens is 390 g/mol. The molecule has 0 aliphatic heterocycles. The number of rotatable bonds is 9. The Hall–Kier alpha value is -2.87. The van der Waals surface area contributed by atoms with Crippen LogP contribution in [0.1, 0.15) is 57.2 Å². The van der Waals surface area contributed by atoms with Crippen molar-refractivity contribution >= 4 is 29.1 Å². The van der Waals surface area contributed by atoms with Gasteiger partial charge in [0.05, 0.1) is 18.0 Å². The average Bonchev–Trinajstić information content (AvgIpc) is 3.11. The van der Waals surface area contributed by atoms with Gasteiger partial charge in [-0.05, 0) is 55.7 Å². The molecule has 2 aromatic rings. The zero-order valence-electron chi connectivity index (χ0n) is 17.0. The Morgan fingerprint density at radius 2 is 1.76 bits per heavy atom. The number of amides is 3. The van der Waals surface area contributed by atoms with Crippen molar-refractivity contribution in [2.45, 2.75) is 40.0 Å². The summed E-state index contributed by atoms with van der Waals surface area (Å²) in [6.45, 7) is 6.45. The molecule has 1 aromatic carbocycles. The lowest BCUT2D eigenvalue weighted by molar-refractivity contribution is -0.120. The zero-order chi connectivity index (χ0) is 21.2. The number of hydrogen-bond acceptors (Lipinski definition) is 5. The number of aryl methyl sites for hydroxylation is 2. The third-order valence-electron chi connectivity index (χ3n) is 4.17. The smallest absolute Gasteiger partial charge is 0.279 e. The normalized spacial score (nSPS) is 10.3. The van der Waals surface area contributed by atoms with E-state index in [4.69, 9.17) is 4.74 Å². The van der Waals surface area contributed by atoms with E-state index in [1.165, 1.54) is 11.3 Å². The second-order valence-electron chi connectivity index (χ2n) is 6.48. The lowest BCUT2D eigenvalue weighted by Gasteiger charge is -2.09. The fraction of sp³-hybridized carbons (Fsp3) is 0.381. The van der Waals surface area contributed by atoms with E-state index in [1.54, 1.807) is 30.3 Å². The second kappa shape index (κ2) is 11.2. The fourth-order valence-corrected chi connectivity index (χ4v) is 3.52. The molecule has 0 spiro atoms. The molecule has 3 N–H and O–H groups in total. The van der Waals surface area contributed by atoms with Crippen LogP contribution in [-0.2, 0) is 11.2 Å². The summed E-state index contributed by atoms with van der Waals surface area (Å²) >= 11 is 1.40. The number of ether oxygens (including phenoxy) is 1. The first-order chi connectivity index (χ1) is 13.9. The zero-order valence-corrected chi connectivity index (χ0v) is 17.8. The van der Waals surface area contributed by atoms with E-state index in [2.05, 4.69) is 23.1 Å². The van der Waals surface area contributed by atoms with Crippen molar-refractivity contribution in [3.05, 3.63) is 51.2 Å². The summed E-state index contributed by atoms with van der Waals surface area (Å²) in [6, 6.07) is 8.51. The van der Waals surface area contributed by atoms with Gasteiger partial charge in [-0.2, -0.15) is 0 Å². The largest absolute Gasteiger partial charge is 0.494 e. The lowest BCUT2D eigenvalue weighted by atomic mass is 10.2. The molecule has 0 radical (unpaired) electrons. The van der Waals surface area contributed by atoms with Crippen LogP contribution in [-0.4, -0.2) is 30.9 Å². The number of nitrogens with one attached hydrogen (secondary N) is 3. The fourth-order valence-electron chi connectivity index (χ4n) is 2.51. The monoisotopic (exact) mass is 417 g/mol. The van der Waals surface area contributed by atoms with Gasteiger partial charge in [0.15, 0.2) is 0 Å². The van der Waals surface area contributed by atoms with Crippen LogP contribution in [0.4, 0.5) is 0 Å². The van der Waals surface area contributed by atoms with Gasteiger partial charge in [-0.3, -0.25) is 25.2 Å². The topological polar surface area (TPSA) is 96.5 Å². The summed E-state index contributed by atoms with van der Waals surface area (Å²) in [6.07, 6.45) is 2.88. The summed E-state index contributed by atoms with van der Waals surface area (Å²) < 4.78 is 5.55. The first-order valence-electron chi connectivity index (χ1n) is 9.64. The van der Waals surface area contributed by atoms with Crippen LogP contribution in [0.2, 0.25) is 0 Å². The highest BCUT2D eigenvalue weighted by Crippen LogP contribution is 2.21. The Morgan fingerprint density at radius 3 is 2.38 bits per heavy atom. The van der Waals surface area contributed by atoms with Crippen LogP contribution in [0.5, 0.6) is 5.75 Å². The van der Waals surface area contributed by atoms with Crippen molar-refractivity contribution in [2.24, 2.45) is 0 Å². The lowest BCUT2D eigenvalue weighted by Crippen LogP contribution is -2.46. The SMILES string of the molecule is CCCCOc1ccc(C(=O)NCC(=O)NNC(=O)c2cc(C)c(CC)s2)cc1. The molecule has 3 amide bonds.